The largest absolute Gasteiger partial charge is 0.299 e. The third-order valence-corrected chi connectivity index (χ3v) is 4.17. The zero-order valence-electron chi connectivity index (χ0n) is 11.7. The van der Waals surface area contributed by atoms with Gasteiger partial charge in [-0.3, -0.25) is 4.90 Å². The number of nitrogens with zero attached hydrogens (tertiary/aromatic N) is 2. The molecule has 0 aliphatic carbocycles. The minimum Gasteiger partial charge on any atom is -0.299 e. The molecule has 19 heavy (non-hydrogen) atoms. The number of hydrogen-bond acceptors (Lipinski definition) is 2. The Balaban J connectivity index is 1.98. The minimum absolute atomic E-state index is 0.148. The quantitative estimate of drug-likeness (QED) is 0.830. The van der Waals surface area contributed by atoms with Gasteiger partial charge in [0.15, 0.2) is 0 Å². The molecule has 0 unspecified atom stereocenters. The van der Waals surface area contributed by atoms with Crippen LogP contribution in [0.4, 0.5) is 4.39 Å². The number of nitriles is 1. The summed E-state index contributed by atoms with van der Waals surface area (Å²) in [4.78, 5) is 2.29. The zero-order valence-corrected chi connectivity index (χ0v) is 11.7. The van der Waals surface area contributed by atoms with Crippen molar-refractivity contribution in [2.45, 2.75) is 33.2 Å². The summed E-state index contributed by atoms with van der Waals surface area (Å²) in [6, 6.07) is 6.98. The molecule has 0 bridgehead atoms. The second-order valence-corrected chi connectivity index (χ2v) is 5.75. The van der Waals surface area contributed by atoms with E-state index < -0.39 is 0 Å². The second kappa shape index (κ2) is 6.16. The molecule has 2 rings (SSSR count). The maximum Gasteiger partial charge on any atom is 0.145 e. The Hall–Kier alpha value is -1.40. The van der Waals surface area contributed by atoms with E-state index >= 15 is 0 Å². The van der Waals surface area contributed by atoms with E-state index in [2.05, 4.69) is 18.7 Å². The number of benzene rings is 1. The van der Waals surface area contributed by atoms with Crippen LogP contribution in [0.3, 0.4) is 0 Å². The summed E-state index contributed by atoms with van der Waals surface area (Å²) in [5, 5.41) is 8.84. The maximum atomic E-state index is 14.0. The lowest BCUT2D eigenvalue weighted by Gasteiger charge is -2.33. The summed E-state index contributed by atoms with van der Waals surface area (Å²) in [6.45, 7) is 7.22. The highest BCUT2D eigenvalue weighted by Gasteiger charge is 2.22. The van der Waals surface area contributed by atoms with Crippen molar-refractivity contribution in [3.05, 3.63) is 35.1 Å². The molecule has 1 aromatic rings. The molecule has 0 radical (unpaired) electrons. The van der Waals surface area contributed by atoms with Crippen molar-refractivity contribution in [1.29, 1.82) is 5.26 Å². The van der Waals surface area contributed by atoms with Crippen LogP contribution >= 0.6 is 0 Å². The minimum atomic E-state index is -0.351. The Morgan fingerprint density at radius 3 is 2.63 bits per heavy atom. The van der Waals surface area contributed by atoms with Gasteiger partial charge < -0.3 is 0 Å². The van der Waals surface area contributed by atoms with Crippen LogP contribution < -0.4 is 0 Å². The lowest BCUT2D eigenvalue weighted by molar-refractivity contribution is 0.150. The number of halogens is 1. The highest BCUT2D eigenvalue weighted by atomic mass is 19.1. The molecule has 0 aromatic heterocycles. The molecule has 0 N–H and O–H groups in total. The molecule has 1 heterocycles. The predicted octanol–water partition coefficient (Wildman–Crippen LogP) is 3.57. The Kier molecular flexibility index (Phi) is 4.55. The Bertz CT molecular complexity index is 468. The van der Waals surface area contributed by atoms with Crippen LogP contribution in [0.15, 0.2) is 18.2 Å². The molecule has 1 saturated heterocycles. The lowest BCUT2D eigenvalue weighted by Crippen LogP contribution is -2.35. The van der Waals surface area contributed by atoms with E-state index in [4.69, 9.17) is 5.26 Å². The number of likely N-dealkylation sites (tertiary alicyclic amines) is 1. The molecule has 2 nitrogen and oxygen atoms in total. The lowest BCUT2D eigenvalue weighted by atomic mass is 9.86. The molecule has 0 spiro atoms. The summed E-state index contributed by atoms with van der Waals surface area (Å²) in [5.74, 6) is 1.18. The van der Waals surface area contributed by atoms with E-state index in [0.717, 1.165) is 24.9 Å². The fourth-order valence-corrected chi connectivity index (χ4v) is 2.81. The first kappa shape index (κ1) is 14.0. The van der Waals surface area contributed by atoms with Crippen molar-refractivity contribution < 1.29 is 4.39 Å². The van der Waals surface area contributed by atoms with Crippen molar-refractivity contribution in [3.8, 4) is 6.07 Å². The summed E-state index contributed by atoms with van der Waals surface area (Å²) >= 11 is 0. The average molecular weight is 260 g/mol. The van der Waals surface area contributed by atoms with Crippen LogP contribution in [0.25, 0.3) is 0 Å². The second-order valence-electron chi connectivity index (χ2n) is 5.75. The number of piperidine rings is 1. The van der Waals surface area contributed by atoms with Crippen molar-refractivity contribution >= 4 is 0 Å². The van der Waals surface area contributed by atoms with Crippen molar-refractivity contribution in [2.75, 3.05) is 13.1 Å². The first-order chi connectivity index (χ1) is 9.11. The van der Waals surface area contributed by atoms with E-state index in [0.29, 0.717) is 12.1 Å². The molecule has 1 aliphatic heterocycles. The molecule has 1 aromatic carbocycles. The van der Waals surface area contributed by atoms with Crippen molar-refractivity contribution in [1.82, 2.24) is 4.90 Å². The van der Waals surface area contributed by atoms with Crippen molar-refractivity contribution in [3.63, 3.8) is 0 Å². The third-order valence-electron chi connectivity index (χ3n) is 4.17. The molecular weight excluding hydrogens is 239 g/mol. The zero-order chi connectivity index (χ0) is 13.8. The van der Waals surface area contributed by atoms with Gasteiger partial charge in [0.2, 0.25) is 0 Å². The predicted molar refractivity (Wildman–Crippen MR) is 74.0 cm³/mol. The van der Waals surface area contributed by atoms with Gasteiger partial charge in [0.25, 0.3) is 0 Å². The maximum absolute atomic E-state index is 14.0. The van der Waals surface area contributed by atoms with Gasteiger partial charge in [-0.1, -0.05) is 26.0 Å². The van der Waals surface area contributed by atoms with Crippen LogP contribution in [0.2, 0.25) is 0 Å². The fraction of sp³-hybridized carbons (Fsp3) is 0.562. The van der Waals surface area contributed by atoms with Gasteiger partial charge >= 0.3 is 0 Å². The fourth-order valence-electron chi connectivity index (χ4n) is 2.81. The topological polar surface area (TPSA) is 27.0 Å². The highest BCUT2D eigenvalue weighted by Crippen LogP contribution is 2.25. The Morgan fingerprint density at radius 1 is 1.37 bits per heavy atom. The Labute approximate surface area is 114 Å². The van der Waals surface area contributed by atoms with Gasteiger partial charge in [0.05, 0.1) is 5.56 Å². The molecule has 1 fully saturated rings. The molecule has 0 atom stereocenters. The average Bonchev–Trinajstić information content (AvgIpc) is 2.42. The Morgan fingerprint density at radius 2 is 2.05 bits per heavy atom. The number of hydrogen-bond donors (Lipinski definition) is 0. The van der Waals surface area contributed by atoms with Crippen LogP contribution in [-0.4, -0.2) is 18.0 Å². The standard InChI is InChI=1S/C16H21FN2/c1-12(2)13-6-8-19(9-7-13)11-15-5-3-4-14(10-18)16(15)17/h3-5,12-13H,6-9,11H2,1-2H3. The summed E-state index contributed by atoms with van der Waals surface area (Å²) < 4.78 is 14.0. The summed E-state index contributed by atoms with van der Waals surface area (Å²) in [7, 11) is 0. The van der Waals surface area contributed by atoms with Crippen molar-refractivity contribution in [2.24, 2.45) is 11.8 Å². The SMILES string of the molecule is CC(C)C1CCN(Cc2cccc(C#N)c2F)CC1. The third kappa shape index (κ3) is 3.33. The van der Waals surface area contributed by atoms with Crippen LogP contribution in [0, 0.1) is 29.0 Å². The van der Waals surface area contributed by atoms with E-state index in [1.807, 2.05) is 6.07 Å². The van der Waals surface area contributed by atoms with Gasteiger partial charge in [0.1, 0.15) is 11.9 Å². The van der Waals surface area contributed by atoms with E-state index in [1.165, 1.54) is 18.9 Å². The van der Waals surface area contributed by atoms with Gasteiger partial charge in [-0.15, -0.1) is 0 Å². The van der Waals surface area contributed by atoms with Gasteiger partial charge in [-0.25, -0.2) is 4.39 Å². The molecule has 0 saturated carbocycles. The summed E-state index contributed by atoms with van der Waals surface area (Å²) in [6.07, 6.45) is 2.38. The van der Waals surface area contributed by atoms with Gasteiger partial charge in [-0.2, -0.15) is 5.26 Å². The normalized spacial score (nSPS) is 17.6. The van der Waals surface area contributed by atoms with Crippen LogP contribution in [0.5, 0.6) is 0 Å². The van der Waals surface area contributed by atoms with Gasteiger partial charge in [-0.05, 0) is 43.8 Å². The molecule has 0 amide bonds. The first-order valence-electron chi connectivity index (χ1n) is 7.01. The molecular formula is C16H21FN2. The van der Waals surface area contributed by atoms with E-state index in [-0.39, 0.29) is 11.4 Å². The van der Waals surface area contributed by atoms with Crippen LogP contribution in [0.1, 0.15) is 37.8 Å². The molecule has 1 aliphatic rings. The monoisotopic (exact) mass is 260 g/mol. The molecule has 3 heteroatoms. The smallest absolute Gasteiger partial charge is 0.145 e. The van der Waals surface area contributed by atoms with Crippen LogP contribution in [-0.2, 0) is 6.54 Å². The first-order valence-corrected chi connectivity index (χ1v) is 7.01. The summed E-state index contributed by atoms with van der Waals surface area (Å²) in [5.41, 5.74) is 0.789. The number of rotatable bonds is 3. The van der Waals surface area contributed by atoms with Gasteiger partial charge in [0, 0.05) is 12.1 Å². The van der Waals surface area contributed by atoms with E-state index in [9.17, 15) is 4.39 Å². The highest BCUT2D eigenvalue weighted by molar-refractivity contribution is 5.34. The molecule has 102 valence electrons. The van der Waals surface area contributed by atoms with E-state index in [1.54, 1.807) is 12.1 Å².